The lowest BCUT2D eigenvalue weighted by Gasteiger charge is -2.32. The minimum Gasteiger partial charge on any atom is -0.487 e. The molecule has 14 heavy (non-hydrogen) atoms. The molecule has 2 N–H and O–H groups in total. The van der Waals surface area contributed by atoms with Crippen LogP contribution in [0.1, 0.15) is 12.8 Å². The Morgan fingerprint density at radius 1 is 1.36 bits per heavy atom. The summed E-state index contributed by atoms with van der Waals surface area (Å²) >= 11 is 11.4. The summed E-state index contributed by atoms with van der Waals surface area (Å²) < 4.78 is 5.53. The highest BCUT2D eigenvalue weighted by molar-refractivity contribution is 6.32. The summed E-state index contributed by atoms with van der Waals surface area (Å²) in [6, 6.07) is 1.80. The minimum absolute atomic E-state index is 0.128. The Labute approximate surface area is 91.4 Å². The van der Waals surface area contributed by atoms with Gasteiger partial charge in [0.2, 0.25) is 0 Å². The van der Waals surface area contributed by atoms with Crippen LogP contribution in [0.5, 0.6) is 5.75 Å². The number of ether oxygens (including phenoxy) is 1. The van der Waals surface area contributed by atoms with E-state index in [1.807, 2.05) is 0 Å². The molecular formula is C8H9Cl2N3O. The lowest BCUT2D eigenvalue weighted by atomic mass is 9.90. The van der Waals surface area contributed by atoms with Gasteiger partial charge in [0.25, 0.3) is 0 Å². The lowest BCUT2D eigenvalue weighted by molar-refractivity contribution is 0.100. The Kier molecular flexibility index (Phi) is 2.76. The third kappa shape index (κ3) is 2.08. The third-order valence-corrected chi connectivity index (χ3v) is 2.56. The second kappa shape index (κ2) is 3.88. The van der Waals surface area contributed by atoms with Gasteiger partial charge in [0, 0.05) is 12.1 Å². The quantitative estimate of drug-likeness (QED) is 0.845. The van der Waals surface area contributed by atoms with Gasteiger partial charge in [-0.25, -0.2) is 0 Å². The normalized spacial score (nSPS) is 25.6. The zero-order valence-electron chi connectivity index (χ0n) is 7.28. The number of rotatable bonds is 2. The molecule has 1 aliphatic rings. The average molecular weight is 234 g/mol. The number of halogens is 2. The summed E-state index contributed by atoms with van der Waals surface area (Å²) in [5, 5.41) is 7.72. The van der Waals surface area contributed by atoms with Crippen molar-refractivity contribution < 1.29 is 4.74 Å². The number of nitrogens with zero attached hydrogens (tertiary/aromatic N) is 2. The highest BCUT2D eigenvalue weighted by Crippen LogP contribution is 2.29. The van der Waals surface area contributed by atoms with Gasteiger partial charge in [0.05, 0.1) is 0 Å². The first-order valence-electron chi connectivity index (χ1n) is 4.26. The molecule has 0 spiro atoms. The first-order chi connectivity index (χ1) is 6.65. The van der Waals surface area contributed by atoms with E-state index in [2.05, 4.69) is 10.2 Å². The lowest BCUT2D eigenvalue weighted by Crippen LogP contribution is -2.43. The molecule has 1 aliphatic carbocycles. The van der Waals surface area contributed by atoms with E-state index in [9.17, 15) is 0 Å². The Bertz CT molecular complexity index is 341. The van der Waals surface area contributed by atoms with Crippen LogP contribution >= 0.6 is 23.2 Å². The maximum absolute atomic E-state index is 5.77. The summed E-state index contributed by atoms with van der Waals surface area (Å²) in [5.74, 6) is 0.476. The van der Waals surface area contributed by atoms with Gasteiger partial charge >= 0.3 is 0 Å². The van der Waals surface area contributed by atoms with Crippen LogP contribution in [0.4, 0.5) is 0 Å². The summed E-state index contributed by atoms with van der Waals surface area (Å²) in [7, 11) is 0. The Morgan fingerprint density at radius 2 is 2.07 bits per heavy atom. The van der Waals surface area contributed by atoms with Crippen LogP contribution in [-0.4, -0.2) is 22.3 Å². The zero-order chi connectivity index (χ0) is 10.1. The van der Waals surface area contributed by atoms with Crippen molar-refractivity contribution in [3.63, 3.8) is 0 Å². The van der Waals surface area contributed by atoms with Gasteiger partial charge in [-0.2, -0.15) is 0 Å². The Balaban J connectivity index is 2.05. The predicted molar refractivity (Wildman–Crippen MR) is 53.7 cm³/mol. The molecule has 0 radical (unpaired) electrons. The predicted octanol–water partition coefficient (Wildman–Crippen LogP) is 1.65. The molecular weight excluding hydrogens is 225 g/mol. The van der Waals surface area contributed by atoms with Crippen molar-refractivity contribution in [3.8, 4) is 5.75 Å². The molecule has 0 aliphatic heterocycles. The van der Waals surface area contributed by atoms with Crippen LogP contribution in [0.15, 0.2) is 6.07 Å². The molecule has 2 rings (SSSR count). The monoisotopic (exact) mass is 233 g/mol. The van der Waals surface area contributed by atoms with Crippen molar-refractivity contribution in [3.05, 3.63) is 16.4 Å². The van der Waals surface area contributed by atoms with E-state index in [0.29, 0.717) is 5.75 Å². The van der Waals surface area contributed by atoms with Crippen molar-refractivity contribution in [1.82, 2.24) is 10.2 Å². The van der Waals surface area contributed by atoms with Crippen LogP contribution in [0.3, 0.4) is 0 Å². The van der Waals surface area contributed by atoms with E-state index in [4.69, 9.17) is 33.7 Å². The molecule has 1 aromatic heterocycles. The molecule has 4 nitrogen and oxygen atoms in total. The van der Waals surface area contributed by atoms with Crippen molar-refractivity contribution >= 4 is 23.2 Å². The molecule has 0 atom stereocenters. The topological polar surface area (TPSA) is 61.0 Å². The van der Waals surface area contributed by atoms with E-state index < -0.39 is 0 Å². The van der Waals surface area contributed by atoms with Gasteiger partial charge in [-0.05, 0) is 12.8 Å². The second-order valence-electron chi connectivity index (χ2n) is 3.29. The molecule has 6 heteroatoms. The Hall–Kier alpha value is -0.580. The summed E-state index contributed by atoms with van der Waals surface area (Å²) in [6.07, 6.45) is 1.81. The summed E-state index contributed by atoms with van der Waals surface area (Å²) in [4.78, 5) is 0. The van der Waals surface area contributed by atoms with Crippen molar-refractivity contribution in [2.24, 2.45) is 5.73 Å². The van der Waals surface area contributed by atoms with Gasteiger partial charge in [-0.1, -0.05) is 23.2 Å². The van der Waals surface area contributed by atoms with Crippen LogP contribution in [0.25, 0.3) is 0 Å². The largest absolute Gasteiger partial charge is 0.487 e. The van der Waals surface area contributed by atoms with Crippen LogP contribution in [0, 0.1) is 0 Å². The molecule has 1 aromatic rings. The van der Waals surface area contributed by atoms with Gasteiger partial charge in [-0.15, -0.1) is 10.2 Å². The highest BCUT2D eigenvalue weighted by Gasteiger charge is 2.28. The molecule has 0 amide bonds. The van der Waals surface area contributed by atoms with Crippen molar-refractivity contribution in [2.45, 2.75) is 25.0 Å². The third-order valence-electron chi connectivity index (χ3n) is 2.11. The number of aromatic nitrogens is 2. The first kappa shape index (κ1) is 9.96. The standard InChI is InChI=1S/C8H9Cl2N3O/c9-7-3-6(8(10)13-12-7)14-5-1-4(11)2-5/h3-5H,1-2,11H2. The summed E-state index contributed by atoms with van der Waals surface area (Å²) in [6.45, 7) is 0. The number of hydrogen-bond donors (Lipinski definition) is 1. The highest BCUT2D eigenvalue weighted by atomic mass is 35.5. The Morgan fingerprint density at radius 3 is 2.71 bits per heavy atom. The molecule has 0 aromatic carbocycles. The minimum atomic E-state index is 0.128. The second-order valence-corrected chi connectivity index (χ2v) is 4.04. The maximum Gasteiger partial charge on any atom is 0.193 e. The smallest absolute Gasteiger partial charge is 0.193 e. The zero-order valence-corrected chi connectivity index (χ0v) is 8.79. The SMILES string of the molecule is NC1CC(Oc2cc(Cl)nnc2Cl)C1. The molecule has 1 heterocycles. The fourth-order valence-corrected chi connectivity index (χ4v) is 1.58. The van der Waals surface area contributed by atoms with E-state index in [0.717, 1.165) is 12.8 Å². The number of nitrogens with two attached hydrogens (primary N) is 1. The van der Waals surface area contributed by atoms with Gasteiger partial charge in [0.15, 0.2) is 16.1 Å². The van der Waals surface area contributed by atoms with Crippen molar-refractivity contribution in [2.75, 3.05) is 0 Å². The van der Waals surface area contributed by atoms with E-state index in [1.165, 1.54) is 0 Å². The fourth-order valence-electron chi connectivity index (χ4n) is 1.30. The molecule has 0 unspecified atom stereocenters. The molecule has 0 saturated heterocycles. The van der Waals surface area contributed by atoms with Crippen LogP contribution in [-0.2, 0) is 0 Å². The molecule has 1 fully saturated rings. The number of hydrogen-bond acceptors (Lipinski definition) is 4. The van der Waals surface area contributed by atoms with E-state index >= 15 is 0 Å². The summed E-state index contributed by atoms with van der Waals surface area (Å²) in [5.41, 5.74) is 5.62. The average Bonchev–Trinajstić information content (AvgIpc) is 2.09. The first-order valence-corrected chi connectivity index (χ1v) is 5.01. The molecule has 0 bridgehead atoms. The van der Waals surface area contributed by atoms with Crippen molar-refractivity contribution in [1.29, 1.82) is 0 Å². The van der Waals surface area contributed by atoms with E-state index in [-0.39, 0.29) is 22.5 Å². The van der Waals surface area contributed by atoms with Crippen LogP contribution in [0.2, 0.25) is 10.3 Å². The molecule has 1 saturated carbocycles. The van der Waals surface area contributed by atoms with E-state index in [1.54, 1.807) is 6.07 Å². The maximum atomic E-state index is 5.77. The van der Waals surface area contributed by atoms with Gasteiger partial charge in [0.1, 0.15) is 6.10 Å². The molecule has 76 valence electrons. The van der Waals surface area contributed by atoms with Gasteiger partial charge in [-0.3, -0.25) is 0 Å². The fraction of sp³-hybridized carbons (Fsp3) is 0.500. The van der Waals surface area contributed by atoms with Gasteiger partial charge < -0.3 is 10.5 Å². The van der Waals surface area contributed by atoms with Crippen LogP contribution < -0.4 is 10.5 Å².